The molecule has 3 aliphatic heterocycles. The number of rotatable bonds is 3. The molecule has 2 atom stereocenters. The van der Waals surface area contributed by atoms with Crippen molar-refractivity contribution in [3.05, 3.63) is 70.8 Å². The van der Waals surface area contributed by atoms with Crippen molar-refractivity contribution >= 4 is 5.91 Å². The molecule has 1 saturated heterocycles. The number of morpholine rings is 1. The van der Waals surface area contributed by atoms with E-state index in [1.54, 1.807) is 0 Å². The van der Waals surface area contributed by atoms with Crippen molar-refractivity contribution in [2.45, 2.75) is 31.5 Å². The van der Waals surface area contributed by atoms with Gasteiger partial charge in [-0.2, -0.15) is 0 Å². The maximum atomic E-state index is 13.8. The molecule has 0 spiro atoms. The molecule has 1 fully saturated rings. The van der Waals surface area contributed by atoms with Gasteiger partial charge in [-0.05, 0) is 35.1 Å². The van der Waals surface area contributed by atoms with Crippen LogP contribution in [-0.2, 0) is 28.9 Å². The van der Waals surface area contributed by atoms with E-state index in [4.69, 9.17) is 4.74 Å². The molecule has 1 unspecified atom stereocenters. The number of fused-ring (bicyclic) bond motifs is 2. The van der Waals surface area contributed by atoms with E-state index in [0.717, 1.165) is 57.8 Å². The predicted molar refractivity (Wildman–Crippen MR) is 113 cm³/mol. The second-order valence-corrected chi connectivity index (χ2v) is 8.34. The van der Waals surface area contributed by atoms with E-state index in [1.165, 1.54) is 16.7 Å². The number of carbonyl (C=O) groups is 1. The summed E-state index contributed by atoms with van der Waals surface area (Å²) in [4.78, 5) is 18.4. The number of carbonyl (C=O) groups excluding carboxylic acids is 1. The molecule has 1 N–H and O–H groups in total. The molecule has 0 aliphatic carbocycles. The number of hydrogen-bond donors (Lipinski definition) is 1. The molecule has 5 nitrogen and oxygen atoms in total. The lowest BCUT2D eigenvalue weighted by molar-refractivity contribution is -0.138. The fraction of sp³-hybridized carbons (Fsp3) is 0.458. The van der Waals surface area contributed by atoms with Gasteiger partial charge in [0.1, 0.15) is 6.04 Å². The van der Waals surface area contributed by atoms with Gasteiger partial charge in [-0.15, -0.1) is 0 Å². The van der Waals surface area contributed by atoms with Gasteiger partial charge in [-0.3, -0.25) is 9.69 Å². The summed E-state index contributed by atoms with van der Waals surface area (Å²) < 4.78 is 5.52. The van der Waals surface area contributed by atoms with Crippen LogP contribution in [-0.4, -0.2) is 61.1 Å². The highest BCUT2D eigenvalue weighted by molar-refractivity contribution is 5.84. The molecule has 0 aromatic heterocycles. The van der Waals surface area contributed by atoms with E-state index in [-0.39, 0.29) is 18.0 Å². The van der Waals surface area contributed by atoms with Gasteiger partial charge in [0.2, 0.25) is 5.91 Å². The molecule has 152 valence electrons. The number of amides is 1. The van der Waals surface area contributed by atoms with Crippen molar-refractivity contribution in [1.29, 1.82) is 0 Å². The largest absolute Gasteiger partial charge is 0.379 e. The Morgan fingerprint density at radius 2 is 1.72 bits per heavy atom. The normalized spacial score (nSPS) is 24.6. The van der Waals surface area contributed by atoms with E-state index in [2.05, 4.69) is 57.6 Å². The van der Waals surface area contributed by atoms with Crippen LogP contribution in [0.15, 0.2) is 48.5 Å². The maximum Gasteiger partial charge on any atom is 0.244 e. The van der Waals surface area contributed by atoms with Crippen molar-refractivity contribution < 1.29 is 9.53 Å². The van der Waals surface area contributed by atoms with Crippen molar-refractivity contribution in [3.8, 4) is 0 Å². The first-order valence-corrected chi connectivity index (χ1v) is 10.8. The summed E-state index contributed by atoms with van der Waals surface area (Å²) in [7, 11) is 0. The quantitative estimate of drug-likeness (QED) is 0.871. The minimum absolute atomic E-state index is 0.200. The average molecular weight is 392 g/mol. The molecular weight excluding hydrogens is 362 g/mol. The summed E-state index contributed by atoms with van der Waals surface area (Å²) in [6.07, 6.45) is 1.91. The third-order valence-corrected chi connectivity index (χ3v) is 6.57. The Morgan fingerprint density at radius 1 is 1.00 bits per heavy atom. The third kappa shape index (κ3) is 3.82. The highest BCUT2D eigenvalue weighted by Gasteiger charge is 2.36. The summed E-state index contributed by atoms with van der Waals surface area (Å²) in [6, 6.07) is 16.9. The van der Waals surface area contributed by atoms with E-state index in [9.17, 15) is 4.79 Å². The minimum Gasteiger partial charge on any atom is -0.379 e. The summed E-state index contributed by atoms with van der Waals surface area (Å²) in [5.74, 6) is 0.213. The molecule has 3 aliphatic rings. The number of nitrogens with one attached hydrogen (secondary N) is 1. The molecule has 2 aromatic rings. The molecule has 0 bridgehead atoms. The van der Waals surface area contributed by atoms with Gasteiger partial charge in [0, 0.05) is 38.8 Å². The third-order valence-electron chi connectivity index (χ3n) is 6.57. The maximum absolute atomic E-state index is 13.8. The van der Waals surface area contributed by atoms with Crippen LogP contribution in [0.2, 0.25) is 0 Å². The molecule has 0 radical (unpaired) electrons. The Bertz CT molecular complexity index is 878. The molecule has 0 saturated carbocycles. The highest BCUT2D eigenvalue weighted by Crippen LogP contribution is 2.30. The topological polar surface area (TPSA) is 44.8 Å². The first-order chi connectivity index (χ1) is 14.3. The van der Waals surface area contributed by atoms with Crippen LogP contribution in [0, 0.1) is 0 Å². The SMILES string of the molecule is O=C(C1NCCc2ccccc21)N1Cc2ccccc2C[C@H]1CN1CCOCC1. The lowest BCUT2D eigenvalue weighted by Gasteiger charge is -2.42. The van der Waals surface area contributed by atoms with E-state index in [0.29, 0.717) is 6.54 Å². The molecule has 29 heavy (non-hydrogen) atoms. The van der Waals surface area contributed by atoms with Gasteiger partial charge in [0.25, 0.3) is 0 Å². The van der Waals surface area contributed by atoms with Crippen LogP contribution in [0.5, 0.6) is 0 Å². The summed E-state index contributed by atoms with van der Waals surface area (Å²) in [6.45, 7) is 5.94. The minimum atomic E-state index is -0.239. The predicted octanol–water partition coefficient (Wildman–Crippen LogP) is 2.16. The second-order valence-electron chi connectivity index (χ2n) is 8.34. The van der Waals surface area contributed by atoms with Crippen molar-refractivity contribution in [2.75, 3.05) is 39.4 Å². The monoisotopic (exact) mass is 391 g/mol. The first kappa shape index (κ1) is 18.8. The molecule has 2 aromatic carbocycles. The Labute approximate surface area is 172 Å². The number of ether oxygens (including phenoxy) is 1. The Kier molecular flexibility index (Phi) is 5.36. The Hall–Kier alpha value is -2.21. The van der Waals surface area contributed by atoms with Crippen LogP contribution in [0.25, 0.3) is 0 Å². The lowest BCUT2D eigenvalue weighted by Crippen LogP contribution is -2.54. The standard InChI is InChI=1S/C24H29N3O2/c28-24(23-22-8-4-3-5-18(22)9-10-25-23)27-16-20-7-2-1-6-19(20)15-21(27)17-26-11-13-29-14-12-26/h1-8,21,23,25H,9-17H2/t21-,23?/m0/s1. The van der Waals surface area contributed by atoms with Gasteiger partial charge < -0.3 is 15.0 Å². The van der Waals surface area contributed by atoms with Gasteiger partial charge in [-0.1, -0.05) is 48.5 Å². The Balaban J connectivity index is 1.43. The zero-order valence-corrected chi connectivity index (χ0v) is 16.8. The van der Waals surface area contributed by atoms with Crippen LogP contribution >= 0.6 is 0 Å². The van der Waals surface area contributed by atoms with E-state index in [1.807, 2.05) is 6.07 Å². The van der Waals surface area contributed by atoms with Crippen LogP contribution in [0.1, 0.15) is 28.3 Å². The van der Waals surface area contributed by atoms with Gasteiger partial charge in [-0.25, -0.2) is 0 Å². The van der Waals surface area contributed by atoms with Gasteiger partial charge in [0.05, 0.1) is 13.2 Å². The molecule has 3 heterocycles. The number of nitrogens with zero attached hydrogens (tertiary/aromatic N) is 2. The van der Waals surface area contributed by atoms with Crippen molar-refractivity contribution in [1.82, 2.24) is 15.1 Å². The summed E-state index contributed by atoms with van der Waals surface area (Å²) >= 11 is 0. The van der Waals surface area contributed by atoms with Crippen LogP contribution in [0.3, 0.4) is 0 Å². The molecule has 5 rings (SSSR count). The van der Waals surface area contributed by atoms with Crippen LogP contribution < -0.4 is 5.32 Å². The molecule has 1 amide bonds. The smallest absolute Gasteiger partial charge is 0.244 e. The Morgan fingerprint density at radius 3 is 2.55 bits per heavy atom. The molecule has 5 heteroatoms. The summed E-state index contributed by atoms with van der Waals surface area (Å²) in [5, 5.41) is 3.50. The molecular formula is C24H29N3O2. The van der Waals surface area contributed by atoms with Crippen LogP contribution in [0.4, 0.5) is 0 Å². The van der Waals surface area contributed by atoms with Crippen molar-refractivity contribution in [3.63, 3.8) is 0 Å². The first-order valence-electron chi connectivity index (χ1n) is 10.8. The van der Waals surface area contributed by atoms with E-state index < -0.39 is 0 Å². The second kappa shape index (κ2) is 8.27. The number of hydrogen-bond acceptors (Lipinski definition) is 4. The zero-order valence-electron chi connectivity index (χ0n) is 16.8. The summed E-state index contributed by atoms with van der Waals surface area (Å²) in [5.41, 5.74) is 5.11. The van der Waals surface area contributed by atoms with Gasteiger partial charge in [0.15, 0.2) is 0 Å². The number of benzene rings is 2. The average Bonchev–Trinajstić information content (AvgIpc) is 2.78. The fourth-order valence-electron chi connectivity index (χ4n) is 4.98. The van der Waals surface area contributed by atoms with Crippen molar-refractivity contribution in [2.24, 2.45) is 0 Å². The fourth-order valence-corrected chi connectivity index (χ4v) is 4.98. The zero-order chi connectivity index (χ0) is 19.6. The lowest BCUT2D eigenvalue weighted by atomic mass is 9.90. The highest BCUT2D eigenvalue weighted by atomic mass is 16.5. The van der Waals surface area contributed by atoms with E-state index >= 15 is 0 Å². The van der Waals surface area contributed by atoms with Gasteiger partial charge >= 0.3 is 0 Å².